The lowest BCUT2D eigenvalue weighted by atomic mass is 10.1. The van der Waals surface area contributed by atoms with Crippen molar-refractivity contribution < 1.29 is 19.1 Å². The maximum absolute atomic E-state index is 12.6. The van der Waals surface area contributed by atoms with Crippen LogP contribution in [0.2, 0.25) is 0 Å². The van der Waals surface area contributed by atoms with Gasteiger partial charge in [0.1, 0.15) is 6.61 Å². The van der Waals surface area contributed by atoms with Gasteiger partial charge in [0.05, 0.1) is 18.7 Å². The Morgan fingerprint density at radius 2 is 1.83 bits per heavy atom. The van der Waals surface area contributed by atoms with Gasteiger partial charge in [0.15, 0.2) is 0 Å². The number of rotatable bonds is 9. The first-order chi connectivity index (χ1) is 13.8. The minimum absolute atomic E-state index is 0.139. The fraction of sp³-hybridized carbons (Fsp3) is 0.476. The molecule has 2 aromatic rings. The summed E-state index contributed by atoms with van der Waals surface area (Å²) in [6.45, 7) is 9.51. The number of hydrogen-bond acceptors (Lipinski definition) is 5. The van der Waals surface area contributed by atoms with Gasteiger partial charge in [-0.2, -0.15) is 5.10 Å². The molecule has 8 nitrogen and oxygen atoms in total. The predicted molar refractivity (Wildman–Crippen MR) is 112 cm³/mol. The van der Waals surface area contributed by atoms with Gasteiger partial charge in [0, 0.05) is 36.3 Å². The Bertz CT molecular complexity index is 845. The molecule has 0 saturated carbocycles. The van der Waals surface area contributed by atoms with Crippen molar-refractivity contribution in [3.05, 3.63) is 41.2 Å². The molecule has 0 saturated heterocycles. The molecule has 0 spiro atoms. The van der Waals surface area contributed by atoms with Crippen LogP contribution in [-0.2, 0) is 27.2 Å². The second-order valence-electron chi connectivity index (χ2n) is 7.28. The minimum atomic E-state index is -0.575. The standard InChI is InChI=1S/C21H30N4O4/c1-14(2)13-25-16(4)19(15(3)24-25)12-20(26)22-17-7-6-8-18(11-17)23-21(27)29-10-9-28-5/h6-8,11,14H,9-10,12-13H2,1-5H3,(H,22,26)(H,23,27). The lowest BCUT2D eigenvalue weighted by molar-refractivity contribution is -0.115. The summed E-state index contributed by atoms with van der Waals surface area (Å²) in [5.41, 5.74) is 3.95. The van der Waals surface area contributed by atoms with E-state index in [1.807, 2.05) is 18.5 Å². The van der Waals surface area contributed by atoms with Crippen LogP contribution >= 0.6 is 0 Å². The quantitative estimate of drug-likeness (QED) is 0.626. The van der Waals surface area contributed by atoms with Crippen molar-refractivity contribution in [3.63, 3.8) is 0 Å². The predicted octanol–water partition coefficient (Wildman–Crippen LogP) is 3.53. The van der Waals surface area contributed by atoms with Gasteiger partial charge in [-0.3, -0.25) is 14.8 Å². The number of methoxy groups -OCH3 is 1. The topological polar surface area (TPSA) is 94.5 Å². The molecule has 2 rings (SSSR count). The average molecular weight is 402 g/mol. The molecule has 1 aromatic carbocycles. The third-order valence-electron chi connectivity index (χ3n) is 4.32. The molecule has 0 aliphatic heterocycles. The van der Waals surface area contributed by atoms with Crippen molar-refractivity contribution in [2.45, 2.75) is 40.7 Å². The zero-order valence-electron chi connectivity index (χ0n) is 17.7. The summed E-state index contributed by atoms with van der Waals surface area (Å²) in [5, 5.41) is 10.0. The number of anilines is 2. The highest BCUT2D eigenvalue weighted by atomic mass is 16.6. The highest BCUT2D eigenvalue weighted by Crippen LogP contribution is 2.18. The van der Waals surface area contributed by atoms with Gasteiger partial charge in [-0.1, -0.05) is 19.9 Å². The number of nitrogens with zero attached hydrogens (tertiary/aromatic N) is 2. The number of carbonyl (C=O) groups excluding carboxylic acids is 2. The molecule has 2 amide bonds. The molecule has 0 unspecified atom stereocenters. The molecular weight excluding hydrogens is 372 g/mol. The van der Waals surface area contributed by atoms with Crippen LogP contribution < -0.4 is 10.6 Å². The second-order valence-corrected chi connectivity index (χ2v) is 7.28. The Hall–Kier alpha value is -2.87. The van der Waals surface area contributed by atoms with Crippen LogP contribution in [0, 0.1) is 19.8 Å². The van der Waals surface area contributed by atoms with E-state index in [0.29, 0.717) is 23.9 Å². The van der Waals surface area contributed by atoms with Crippen molar-refractivity contribution in [2.24, 2.45) is 5.92 Å². The lowest BCUT2D eigenvalue weighted by Crippen LogP contribution is -2.17. The van der Waals surface area contributed by atoms with Gasteiger partial charge in [-0.05, 0) is 38.0 Å². The third kappa shape index (κ3) is 6.90. The van der Waals surface area contributed by atoms with E-state index in [9.17, 15) is 9.59 Å². The summed E-state index contributed by atoms with van der Waals surface area (Å²) in [6.07, 6.45) is -0.332. The van der Waals surface area contributed by atoms with Gasteiger partial charge in [0.2, 0.25) is 5.91 Å². The number of carbonyl (C=O) groups is 2. The van der Waals surface area contributed by atoms with Gasteiger partial charge in [-0.15, -0.1) is 0 Å². The summed E-state index contributed by atoms with van der Waals surface area (Å²) in [7, 11) is 1.53. The van der Waals surface area contributed by atoms with Crippen molar-refractivity contribution in [1.29, 1.82) is 0 Å². The van der Waals surface area contributed by atoms with Crippen molar-refractivity contribution in [3.8, 4) is 0 Å². The van der Waals surface area contributed by atoms with Crippen molar-refractivity contribution in [1.82, 2.24) is 9.78 Å². The van der Waals surface area contributed by atoms with E-state index >= 15 is 0 Å². The zero-order valence-corrected chi connectivity index (χ0v) is 17.7. The lowest BCUT2D eigenvalue weighted by Gasteiger charge is -2.10. The molecule has 0 radical (unpaired) electrons. The van der Waals surface area contributed by atoms with Crippen LogP contribution in [0.5, 0.6) is 0 Å². The number of amides is 2. The Kier molecular flexibility index (Phi) is 8.21. The van der Waals surface area contributed by atoms with E-state index in [-0.39, 0.29) is 18.9 Å². The Morgan fingerprint density at radius 1 is 1.14 bits per heavy atom. The number of aryl methyl sites for hydroxylation is 1. The molecular formula is C21H30N4O4. The van der Waals surface area contributed by atoms with E-state index in [2.05, 4.69) is 29.6 Å². The van der Waals surface area contributed by atoms with E-state index < -0.39 is 6.09 Å². The maximum Gasteiger partial charge on any atom is 0.411 e. The molecule has 0 bridgehead atoms. The Balaban J connectivity index is 1.98. The van der Waals surface area contributed by atoms with Gasteiger partial charge in [-0.25, -0.2) is 4.79 Å². The molecule has 0 aliphatic carbocycles. The van der Waals surface area contributed by atoms with Crippen LogP contribution in [0.3, 0.4) is 0 Å². The first-order valence-corrected chi connectivity index (χ1v) is 9.65. The highest BCUT2D eigenvalue weighted by Gasteiger charge is 2.16. The van der Waals surface area contributed by atoms with E-state index in [1.165, 1.54) is 7.11 Å². The number of ether oxygens (including phenoxy) is 2. The van der Waals surface area contributed by atoms with Gasteiger partial charge >= 0.3 is 6.09 Å². The number of hydrogen-bond donors (Lipinski definition) is 2. The molecule has 158 valence electrons. The van der Waals surface area contributed by atoms with Gasteiger partial charge < -0.3 is 14.8 Å². The highest BCUT2D eigenvalue weighted by molar-refractivity contribution is 5.93. The number of nitrogens with one attached hydrogen (secondary N) is 2. The van der Waals surface area contributed by atoms with Crippen LogP contribution in [0.4, 0.5) is 16.2 Å². The van der Waals surface area contributed by atoms with Gasteiger partial charge in [0.25, 0.3) is 0 Å². The first kappa shape index (κ1) is 22.4. The summed E-state index contributed by atoms with van der Waals surface area (Å²) in [6, 6.07) is 6.91. The second kappa shape index (κ2) is 10.6. The molecule has 2 N–H and O–H groups in total. The molecule has 29 heavy (non-hydrogen) atoms. The Labute approximate surface area is 171 Å². The summed E-state index contributed by atoms with van der Waals surface area (Å²) < 4.78 is 11.8. The molecule has 8 heteroatoms. The molecule has 1 heterocycles. The molecule has 0 aliphatic rings. The Morgan fingerprint density at radius 3 is 2.48 bits per heavy atom. The van der Waals surface area contributed by atoms with E-state index in [1.54, 1.807) is 24.3 Å². The largest absolute Gasteiger partial charge is 0.447 e. The summed E-state index contributed by atoms with van der Waals surface area (Å²) >= 11 is 0. The van der Waals surface area contributed by atoms with E-state index in [0.717, 1.165) is 23.5 Å². The smallest absolute Gasteiger partial charge is 0.411 e. The van der Waals surface area contributed by atoms with Crippen LogP contribution in [0.1, 0.15) is 30.8 Å². The number of benzene rings is 1. The fourth-order valence-electron chi connectivity index (χ4n) is 2.93. The van der Waals surface area contributed by atoms with Crippen molar-refractivity contribution in [2.75, 3.05) is 31.0 Å². The van der Waals surface area contributed by atoms with Crippen LogP contribution in [0.25, 0.3) is 0 Å². The number of aromatic nitrogens is 2. The molecule has 0 atom stereocenters. The maximum atomic E-state index is 12.6. The van der Waals surface area contributed by atoms with Crippen molar-refractivity contribution >= 4 is 23.4 Å². The molecule has 1 aromatic heterocycles. The fourth-order valence-corrected chi connectivity index (χ4v) is 2.93. The summed E-state index contributed by atoms with van der Waals surface area (Å²) in [4.78, 5) is 24.3. The average Bonchev–Trinajstić information content (AvgIpc) is 2.89. The van der Waals surface area contributed by atoms with Crippen LogP contribution in [-0.4, -0.2) is 42.1 Å². The molecule has 0 fully saturated rings. The zero-order chi connectivity index (χ0) is 21.4. The van der Waals surface area contributed by atoms with E-state index in [4.69, 9.17) is 9.47 Å². The first-order valence-electron chi connectivity index (χ1n) is 9.65. The normalized spacial score (nSPS) is 10.8. The SMILES string of the molecule is COCCOC(=O)Nc1cccc(NC(=O)Cc2c(C)nn(CC(C)C)c2C)c1. The summed E-state index contributed by atoms with van der Waals surface area (Å²) in [5.74, 6) is 0.339. The third-order valence-corrected chi connectivity index (χ3v) is 4.32. The van der Waals surface area contributed by atoms with Crippen LogP contribution in [0.15, 0.2) is 24.3 Å². The monoisotopic (exact) mass is 402 g/mol. The minimum Gasteiger partial charge on any atom is -0.447 e.